The van der Waals surface area contributed by atoms with E-state index in [-0.39, 0.29) is 17.3 Å². The third-order valence-corrected chi connectivity index (χ3v) is 5.36. The van der Waals surface area contributed by atoms with Crippen LogP contribution in [0.3, 0.4) is 0 Å². The summed E-state index contributed by atoms with van der Waals surface area (Å²) in [4.78, 5) is 55.5. The van der Waals surface area contributed by atoms with Gasteiger partial charge < -0.3 is 25.2 Å². The molecule has 1 aliphatic heterocycles. The number of carbonyl (C=O) groups is 3. The number of nitrogens with one attached hydrogen (secondary N) is 2. The molecule has 2 N–H and O–H groups in total. The number of nitro benzene ring substituents is 1. The fraction of sp³-hybridized carbons (Fsp3) is 0.417. The highest BCUT2D eigenvalue weighted by Crippen LogP contribution is 2.19. The quantitative estimate of drug-likeness (QED) is 0.456. The maximum absolute atomic E-state index is 12.5. The zero-order valence-electron chi connectivity index (χ0n) is 20.7. The fourth-order valence-corrected chi connectivity index (χ4v) is 3.46. The van der Waals surface area contributed by atoms with Crippen molar-refractivity contribution in [1.82, 2.24) is 15.2 Å². The molecular formula is C24H30N6O6. The largest absolute Gasteiger partial charge is 0.444 e. The van der Waals surface area contributed by atoms with Crippen molar-refractivity contribution in [2.24, 2.45) is 0 Å². The van der Waals surface area contributed by atoms with Crippen molar-refractivity contribution >= 4 is 35.1 Å². The normalized spacial score (nSPS) is 14.6. The van der Waals surface area contributed by atoms with Crippen LogP contribution >= 0.6 is 0 Å². The van der Waals surface area contributed by atoms with Crippen LogP contribution < -0.4 is 15.5 Å². The van der Waals surface area contributed by atoms with Crippen molar-refractivity contribution in [2.45, 2.75) is 39.3 Å². The van der Waals surface area contributed by atoms with Gasteiger partial charge in [-0.2, -0.15) is 0 Å². The molecular weight excluding hydrogens is 468 g/mol. The summed E-state index contributed by atoms with van der Waals surface area (Å²) < 4.78 is 5.42. The van der Waals surface area contributed by atoms with Crippen LogP contribution in [-0.4, -0.2) is 70.5 Å². The Hall–Kier alpha value is -4.22. The van der Waals surface area contributed by atoms with E-state index >= 15 is 0 Å². The van der Waals surface area contributed by atoms with Crippen LogP contribution in [0.25, 0.3) is 0 Å². The molecule has 0 aliphatic carbocycles. The number of carbonyl (C=O) groups excluding carboxylic acids is 3. The van der Waals surface area contributed by atoms with Crippen LogP contribution in [-0.2, 0) is 9.53 Å². The second-order valence-electron chi connectivity index (χ2n) is 9.35. The van der Waals surface area contributed by atoms with Gasteiger partial charge in [-0.05, 0) is 45.9 Å². The minimum absolute atomic E-state index is 0.0816. The Balaban J connectivity index is 1.50. The first-order valence-corrected chi connectivity index (χ1v) is 11.5. The summed E-state index contributed by atoms with van der Waals surface area (Å²) in [7, 11) is 0. The number of nitro groups is 1. The minimum Gasteiger partial charge on any atom is -0.444 e. The molecule has 0 radical (unpaired) electrons. The number of hydrogen-bond acceptors (Lipinski definition) is 8. The summed E-state index contributed by atoms with van der Waals surface area (Å²) in [5.74, 6) is -0.775. The molecule has 36 heavy (non-hydrogen) atoms. The minimum atomic E-state index is -0.904. The molecule has 0 saturated carbocycles. The summed E-state index contributed by atoms with van der Waals surface area (Å²) >= 11 is 0. The van der Waals surface area contributed by atoms with Gasteiger partial charge >= 0.3 is 6.09 Å². The number of hydrogen-bond donors (Lipinski definition) is 2. The van der Waals surface area contributed by atoms with E-state index in [1.807, 2.05) is 26.8 Å². The average Bonchev–Trinajstić information content (AvgIpc) is 2.83. The number of benzene rings is 1. The van der Waals surface area contributed by atoms with Gasteiger partial charge in [0.1, 0.15) is 17.5 Å². The molecule has 1 fully saturated rings. The molecule has 2 heterocycles. The molecule has 0 bridgehead atoms. The van der Waals surface area contributed by atoms with Crippen LogP contribution in [0.2, 0.25) is 0 Å². The summed E-state index contributed by atoms with van der Waals surface area (Å²) in [6.45, 7) is 9.28. The zero-order valence-corrected chi connectivity index (χ0v) is 20.7. The summed E-state index contributed by atoms with van der Waals surface area (Å²) in [5, 5.41) is 16.1. The van der Waals surface area contributed by atoms with Crippen LogP contribution in [0.15, 0.2) is 42.6 Å². The van der Waals surface area contributed by atoms with Gasteiger partial charge in [0.05, 0.1) is 16.8 Å². The molecule has 1 aliphatic rings. The number of amides is 3. The Bertz CT molecular complexity index is 1120. The molecule has 2 aromatic rings. The molecule has 1 saturated heterocycles. The molecule has 12 heteroatoms. The number of piperazine rings is 1. The third-order valence-electron chi connectivity index (χ3n) is 5.36. The maximum atomic E-state index is 12.5. The average molecular weight is 499 g/mol. The van der Waals surface area contributed by atoms with Gasteiger partial charge in [0.25, 0.3) is 11.6 Å². The van der Waals surface area contributed by atoms with Crippen LogP contribution in [0.4, 0.5) is 22.0 Å². The standard InChI is InChI=1S/C24H30N6O6/c1-16(26-22(32)17-6-5-7-18(14-17)30(34)35)21(31)27-20-9-8-19(15-25-20)28-10-12-29(13-11-28)23(33)36-24(2,3)4/h5-9,14-16H,10-13H2,1-4H3,(H,26,32)(H,25,27,31). The second kappa shape index (κ2) is 11.0. The highest BCUT2D eigenvalue weighted by Gasteiger charge is 2.26. The second-order valence-corrected chi connectivity index (χ2v) is 9.35. The van der Waals surface area contributed by atoms with E-state index in [0.29, 0.717) is 32.0 Å². The number of anilines is 2. The van der Waals surface area contributed by atoms with Crippen molar-refractivity contribution in [1.29, 1.82) is 0 Å². The van der Waals surface area contributed by atoms with E-state index in [1.54, 1.807) is 17.2 Å². The van der Waals surface area contributed by atoms with Crippen molar-refractivity contribution in [3.8, 4) is 0 Å². The molecule has 192 valence electrons. The predicted molar refractivity (Wildman–Crippen MR) is 133 cm³/mol. The lowest BCUT2D eigenvalue weighted by atomic mass is 10.1. The summed E-state index contributed by atoms with van der Waals surface area (Å²) in [5.41, 5.74) is 0.179. The number of pyridine rings is 1. The predicted octanol–water partition coefficient (Wildman–Crippen LogP) is 2.80. The van der Waals surface area contributed by atoms with Gasteiger partial charge in [-0.1, -0.05) is 6.07 Å². The topological polar surface area (TPSA) is 147 Å². The number of rotatable bonds is 6. The first-order chi connectivity index (χ1) is 16.9. The van der Waals surface area contributed by atoms with Crippen LogP contribution in [0, 0.1) is 10.1 Å². The third kappa shape index (κ3) is 7.14. The molecule has 1 aromatic heterocycles. The van der Waals surface area contributed by atoms with Crippen LogP contribution in [0.1, 0.15) is 38.1 Å². The van der Waals surface area contributed by atoms with E-state index in [0.717, 1.165) is 11.8 Å². The Labute approximate surface area is 208 Å². The molecule has 12 nitrogen and oxygen atoms in total. The molecule has 3 rings (SSSR count). The Kier molecular flexibility index (Phi) is 8.07. The Morgan fingerprint density at radius 3 is 2.39 bits per heavy atom. The van der Waals surface area contributed by atoms with Crippen molar-refractivity contribution in [3.05, 3.63) is 58.3 Å². The molecule has 1 unspecified atom stereocenters. The Morgan fingerprint density at radius 2 is 1.81 bits per heavy atom. The van der Waals surface area contributed by atoms with Gasteiger partial charge in [-0.3, -0.25) is 19.7 Å². The van der Waals surface area contributed by atoms with Crippen molar-refractivity contribution in [3.63, 3.8) is 0 Å². The number of non-ortho nitro benzene ring substituents is 1. The lowest BCUT2D eigenvalue weighted by Gasteiger charge is -2.36. The number of ether oxygens (including phenoxy) is 1. The molecule has 1 aromatic carbocycles. The van der Waals surface area contributed by atoms with E-state index in [2.05, 4.69) is 20.5 Å². The van der Waals surface area contributed by atoms with E-state index in [1.165, 1.54) is 25.1 Å². The van der Waals surface area contributed by atoms with Gasteiger partial charge in [0.15, 0.2) is 0 Å². The lowest BCUT2D eigenvalue weighted by Crippen LogP contribution is -2.50. The van der Waals surface area contributed by atoms with Gasteiger partial charge in [-0.25, -0.2) is 9.78 Å². The monoisotopic (exact) mass is 498 g/mol. The highest BCUT2D eigenvalue weighted by atomic mass is 16.6. The van der Waals surface area contributed by atoms with E-state index in [9.17, 15) is 24.5 Å². The smallest absolute Gasteiger partial charge is 0.410 e. The molecule has 1 atom stereocenters. The fourth-order valence-electron chi connectivity index (χ4n) is 3.46. The highest BCUT2D eigenvalue weighted by molar-refractivity contribution is 6.00. The first kappa shape index (κ1) is 26.4. The zero-order chi connectivity index (χ0) is 26.5. The van der Waals surface area contributed by atoms with Crippen molar-refractivity contribution < 1.29 is 24.0 Å². The Morgan fingerprint density at radius 1 is 1.11 bits per heavy atom. The summed E-state index contributed by atoms with van der Waals surface area (Å²) in [6, 6.07) is 7.83. The molecule has 3 amide bonds. The lowest BCUT2D eigenvalue weighted by molar-refractivity contribution is -0.384. The SMILES string of the molecule is CC(NC(=O)c1cccc([N+](=O)[O-])c1)C(=O)Nc1ccc(N2CCN(C(=O)OC(C)(C)C)CC2)cn1. The van der Waals surface area contributed by atoms with Gasteiger partial charge in [-0.15, -0.1) is 0 Å². The van der Waals surface area contributed by atoms with Gasteiger partial charge in [0.2, 0.25) is 5.91 Å². The number of aromatic nitrogens is 1. The van der Waals surface area contributed by atoms with E-state index in [4.69, 9.17) is 4.74 Å². The maximum Gasteiger partial charge on any atom is 0.410 e. The van der Waals surface area contributed by atoms with Crippen molar-refractivity contribution in [2.75, 3.05) is 36.4 Å². The first-order valence-electron chi connectivity index (χ1n) is 11.5. The van der Waals surface area contributed by atoms with E-state index < -0.39 is 28.4 Å². The van der Waals surface area contributed by atoms with Crippen LogP contribution in [0.5, 0.6) is 0 Å². The molecule has 0 spiro atoms. The number of nitrogens with zero attached hydrogens (tertiary/aromatic N) is 4. The van der Waals surface area contributed by atoms with Gasteiger partial charge in [0, 0.05) is 43.9 Å². The summed E-state index contributed by atoms with van der Waals surface area (Å²) in [6.07, 6.45) is 1.30.